The molecule has 1 atom stereocenters. The van der Waals surface area contributed by atoms with Gasteiger partial charge in [-0.15, -0.1) is 0 Å². The molecule has 0 aliphatic rings. The first-order chi connectivity index (χ1) is 15.2. The number of hydrazone groups is 1. The van der Waals surface area contributed by atoms with Crippen LogP contribution in [0.3, 0.4) is 0 Å². The molecule has 0 spiro atoms. The fourth-order valence-electron chi connectivity index (χ4n) is 2.52. The summed E-state index contributed by atoms with van der Waals surface area (Å²) in [4.78, 5) is 36.2. The fraction of sp³-hybridized carbons (Fsp3) is 0.273. The Kier molecular flexibility index (Phi) is 9.49. The van der Waals surface area contributed by atoms with E-state index in [0.717, 1.165) is 0 Å². The molecule has 0 saturated heterocycles. The number of esters is 1. The average molecular weight is 480 g/mol. The SMILES string of the molecule is COC(=O)COc1ccc(C=NNC(=O)C(NC(=O)c2ccc(Cl)cc2Cl)C(C)C)cc1. The third-order valence-corrected chi connectivity index (χ3v) is 4.81. The van der Waals surface area contributed by atoms with Gasteiger partial charge < -0.3 is 14.8 Å². The summed E-state index contributed by atoms with van der Waals surface area (Å²) in [6.45, 7) is 3.40. The molecule has 1 unspecified atom stereocenters. The van der Waals surface area contributed by atoms with E-state index in [1.54, 1.807) is 44.2 Å². The van der Waals surface area contributed by atoms with E-state index in [1.165, 1.54) is 25.5 Å². The number of carbonyl (C=O) groups is 3. The maximum atomic E-state index is 12.6. The minimum atomic E-state index is -0.833. The second-order valence-electron chi connectivity index (χ2n) is 6.99. The third kappa shape index (κ3) is 7.55. The summed E-state index contributed by atoms with van der Waals surface area (Å²) in [5.41, 5.74) is 3.33. The molecule has 0 heterocycles. The van der Waals surface area contributed by atoms with Crippen molar-refractivity contribution in [1.82, 2.24) is 10.7 Å². The van der Waals surface area contributed by atoms with Crippen LogP contribution in [0.4, 0.5) is 0 Å². The number of benzene rings is 2. The standard InChI is InChI=1S/C22H23Cl2N3O5/c1-13(2)20(26-21(29)17-9-6-15(23)10-18(17)24)22(30)27-25-11-14-4-7-16(8-5-14)32-12-19(28)31-3/h4-11,13,20H,12H2,1-3H3,(H,26,29)(H,27,30). The molecule has 0 fully saturated rings. The number of carbonyl (C=O) groups excluding carboxylic acids is 3. The van der Waals surface area contributed by atoms with Gasteiger partial charge in [0, 0.05) is 5.02 Å². The van der Waals surface area contributed by atoms with E-state index >= 15 is 0 Å². The summed E-state index contributed by atoms with van der Waals surface area (Å²) in [6.07, 6.45) is 1.44. The first-order valence-electron chi connectivity index (χ1n) is 9.59. The number of halogens is 2. The molecule has 0 bridgehead atoms. The van der Waals surface area contributed by atoms with Crippen molar-refractivity contribution in [3.8, 4) is 5.75 Å². The summed E-state index contributed by atoms with van der Waals surface area (Å²) < 4.78 is 9.76. The lowest BCUT2D eigenvalue weighted by Crippen LogP contribution is -2.48. The molecule has 0 saturated carbocycles. The third-order valence-electron chi connectivity index (χ3n) is 4.26. The molecule has 2 aromatic carbocycles. The normalized spacial score (nSPS) is 11.8. The number of ether oxygens (including phenoxy) is 2. The van der Waals surface area contributed by atoms with Gasteiger partial charge in [0.05, 0.1) is 23.9 Å². The van der Waals surface area contributed by atoms with Gasteiger partial charge in [-0.05, 0) is 53.9 Å². The van der Waals surface area contributed by atoms with Crippen molar-refractivity contribution in [2.75, 3.05) is 13.7 Å². The highest BCUT2D eigenvalue weighted by Gasteiger charge is 2.25. The molecule has 8 nitrogen and oxygen atoms in total. The van der Waals surface area contributed by atoms with Gasteiger partial charge in [0.1, 0.15) is 11.8 Å². The molecular weight excluding hydrogens is 457 g/mol. The first-order valence-corrected chi connectivity index (χ1v) is 10.4. The number of methoxy groups -OCH3 is 1. The van der Waals surface area contributed by atoms with Crippen LogP contribution in [0.1, 0.15) is 29.8 Å². The van der Waals surface area contributed by atoms with E-state index in [0.29, 0.717) is 16.3 Å². The first kappa shape index (κ1) is 25.2. The van der Waals surface area contributed by atoms with E-state index in [2.05, 4.69) is 20.6 Å². The van der Waals surface area contributed by atoms with Crippen LogP contribution in [0.25, 0.3) is 0 Å². The van der Waals surface area contributed by atoms with Crippen molar-refractivity contribution < 1.29 is 23.9 Å². The molecule has 2 amide bonds. The fourth-order valence-corrected chi connectivity index (χ4v) is 3.01. The van der Waals surface area contributed by atoms with Crippen molar-refractivity contribution >= 4 is 47.2 Å². The predicted molar refractivity (Wildman–Crippen MR) is 122 cm³/mol. The van der Waals surface area contributed by atoms with Gasteiger partial charge in [0.15, 0.2) is 6.61 Å². The molecule has 0 aliphatic heterocycles. The lowest BCUT2D eigenvalue weighted by atomic mass is 10.0. The number of nitrogens with zero attached hydrogens (tertiary/aromatic N) is 1. The molecule has 2 aromatic rings. The van der Waals surface area contributed by atoms with Crippen molar-refractivity contribution in [3.63, 3.8) is 0 Å². The Hall–Kier alpha value is -3.10. The maximum Gasteiger partial charge on any atom is 0.343 e. The Morgan fingerprint density at radius 2 is 1.78 bits per heavy atom. The summed E-state index contributed by atoms with van der Waals surface area (Å²) in [5, 5.41) is 7.20. The maximum absolute atomic E-state index is 12.6. The van der Waals surface area contributed by atoms with E-state index in [4.69, 9.17) is 27.9 Å². The van der Waals surface area contributed by atoms with Crippen LogP contribution in [-0.2, 0) is 14.3 Å². The van der Waals surface area contributed by atoms with Crippen LogP contribution in [0.15, 0.2) is 47.6 Å². The van der Waals surface area contributed by atoms with Gasteiger partial charge >= 0.3 is 5.97 Å². The van der Waals surface area contributed by atoms with E-state index in [9.17, 15) is 14.4 Å². The summed E-state index contributed by atoms with van der Waals surface area (Å²) in [7, 11) is 1.28. The van der Waals surface area contributed by atoms with Gasteiger partial charge in [-0.3, -0.25) is 9.59 Å². The highest BCUT2D eigenvalue weighted by Crippen LogP contribution is 2.21. The van der Waals surface area contributed by atoms with Crippen LogP contribution in [0.5, 0.6) is 5.75 Å². The van der Waals surface area contributed by atoms with Crippen molar-refractivity contribution in [1.29, 1.82) is 0 Å². The topological polar surface area (TPSA) is 106 Å². The second-order valence-corrected chi connectivity index (χ2v) is 7.83. The van der Waals surface area contributed by atoms with E-state index in [-0.39, 0.29) is 23.1 Å². The molecule has 0 aliphatic carbocycles. The van der Waals surface area contributed by atoms with Gasteiger partial charge in [0.25, 0.3) is 11.8 Å². The monoisotopic (exact) mass is 479 g/mol. The Labute approximate surface area is 195 Å². The predicted octanol–water partition coefficient (Wildman–Crippen LogP) is 3.45. The number of amides is 2. The van der Waals surface area contributed by atoms with E-state index < -0.39 is 23.8 Å². The zero-order valence-electron chi connectivity index (χ0n) is 17.7. The lowest BCUT2D eigenvalue weighted by molar-refractivity contribution is -0.142. The molecule has 0 aromatic heterocycles. The van der Waals surface area contributed by atoms with Gasteiger partial charge in [-0.25, -0.2) is 10.2 Å². The molecule has 2 N–H and O–H groups in total. The highest BCUT2D eigenvalue weighted by atomic mass is 35.5. The summed E-state index contributed by atoms with van der Waals surface area (Å²) in [5.74, 6) is -1.17. The average Bonchev–Trinajstić information content (AvgIpc) is 2.76. The van der Waals surface area contributed by atoms with Crippen LogP contribution in [0, 0.1) is 5.92 Å². The molecule has 32 heavy (non-hydrogen) atoms. The molecular formula is C22H23Cl2N3O5. The van der Waals surface area contributed by atoms with Gasteiger partial charge in [-0.2, -0.15) is 5.10 Å². The number of hydrogen-bond acceptors (Lipinski definition) is 6. The molecule has 10 heteroatoms. The Bertz CT molecular complexity index is 994. The Balaban J connectivity index is 1.95. The summed E-state index contributed by atoms with van der Waals surface area (Å²) in [6, 6.07) is 10.4. The minimum Gasteiger partial charge on any atom is -0.482 e. The van der Waals surface area contributed by atoms with Crippen molar-refractivity contribution in [2.45, 2.75) is 19.9 Å². The van der Waals surface area contributed by atoms with Crippen LogP contribution >= 0.6 is 23.2 Å². The highest BCUT2D eigenvalue weighted by molar-refractivity contribution is 6.36. The van der Waals surface area contributed by atoms with Crippen LogP contribution < -0.4 is 15.5 Å². The van der Waals surface area contributed by atoms with Crippen LogP contribution in [-0.4, -0.2) is 43.8 Å². The Morgan fingerprint density at radius 1 is 1.09 bits per heavy atom. The zero-order valence-corrected chi connectivity index (χ0v) is 19.2. The smallest absolute Gasteiger partial charge is 0.343 e. The number of nitrogens with one attached hydrogen (secondary N) is 2. The largest absolute Gasteiger partial charge is 0.482 e. The van der Waals surface area contributed by atoms with E-state index in [1.807, 2.05) is 0 Å². The number of rotatable bonds is 9. The van der Waals surface area contributed by atoms with Gasteiger partial charge in [-0.1, -0.05) is 37.0 Å². The molecule has 170 valence electrons. The molecule has 2 rings (SSSR count). The Morgan fingerprint density at radius 3 is 2.38 bits per heavy atom. The van der Waals surface area contributed by atoms with Crippen molar-refractivity contribution in [2.24, 2.45) is 11.0 Å². The minimum absolute atomic E-state index is 0.190. The van der Waals surface area contributed by atoms with Crippen LogP contribution in [0.2, 0.25) is 10.0 Å². The zero-order chi connectivity index (χ0) is 23.7. The van der Waals surface area contributed by atoms with Gasteiger partial charge in [0.2, 0.25) is 0 Å². The second kappa shape index (κ2) is 12.1. The lowest BCUT2D eigenvalue weighted by Gasteiger charge is -2.20. The summed E-state index contributed by atoms with van der Waals surface area (Å²) >= 11 is 11.9. The molecule has 0 radical (unpaired) electrons. The number of hydrogen-bond donors (Lipinski definition) is 2. The quantitative estimate of drug-likeness (QED) is 0.325. The van der Waals surface area contributed by atoms with Crippen molar-refractivity contribution in [3.05, 3.63) is 63.6 Å².